The number of nitrogens with zero attached hydrogens (tertiary/aromatic N) is 3. The van der Waals surface area contributed by atoms with Crippen molar-refractivity contribution in [1.29, 1.82) is 0 Å². The molecule has 164 valence electrons. The monoisotopic (exact) mass is 433 g/mol. The van der Waals surface area contributed by atoms with Gasteiger partial charge in [-0.15, -0.1) is 0 Å². The molecule has 2 saturated heterocycles. The number of carbonyl (C=O) groups is 2. The van der Waals surface area contributed by atoms with Gasteiger partial charge in [0.05, 0.1) is 4.90 Å². The summed E-state index contributed by atoms with van der Waals surface area (Å²) in [7, 11) is -3.70. The zero-order valence-corrected chi connectivity index (χ0v) is 18.4. The maximum absolute atomic E-state index is 13.2. The standard InChI is InChI=1S/C22H31N3O4S/c1-17-8-10-19(11-9-17)30(28,29)25-12-4-7-20(25)22(27)24-15-13-23(14-16-24)21(26)18-5-2-3-6-18/h8-11,18,20H,2-7,12-16H2,1H3/t20-/m0/s1. The molecule has 3 aliphatic rings. The highest BCUT2D eigenvalue weighted by atomic mass is 32.2. The van der Waals surface area contributed by atoms with Crippen molar-refractivity contribution in [2.45, 2.75) is 56.4 Å². The fraction of sp³-hybridized carbons (Fsp3) is 0.636. The molecule has 0 unspecified atom stereocenters. The molecule has 8 heteroatoms. The highest BCUT2D eigenvalue weighted by Gasteiger charge is 2.42. The SMILES string of the molecule is Cc1ccc(S(=O)(=O)N2CCC[C@H]2C(=O)N2CCN(C(=O)C3CCCC3)CC2)cc1. The number of aryl methyl sites for hydroxylation is 1. The third-order valence-electron chi connectivity index (χ3n) is 6.72. The number of carbonyl (C=O) groups excluding carboxylic acids is 2. The lowest BCUT2D eigenvalue weighted by atomic mass is 10.1. The fourth-order valence-corrected chi connectivity index (χ4v) is 6.56. The summed E-state index contributed by atoms with van der Waals surface area (Å²) < 4.78 is 27.6. The molecule has 1 saturated carbocycles. The molecular weight excluding hydrogens is 402 g/mol. The fourth-order valence-electron chi connectivity index (χ4n) is 4.91. The van der Waals surface area contributed by atoms with Crippen molar-refractivity contribution in [3.05, 3.63) is 29.8 Å². The van der Waals surface area contributed by atoms with Crippen molar-refractivity contribution in [2.75, 3.05) is 32.7 Å². The van der Waals surface area contributed by atoms with Gasteiger partial charge in [0.25, 0.3) is 0 Å². The Morgan fingerprint density at radius 2 is 1.37 bits per heavy atom. The molecule has 4 rings (SSSR count). The number of piperazine rings is 1. The third kappa shape index (κ3) is 4.12. The van der Waals surface area contributed by atoms with E-state index in [1.54, 1.807) is 29.2 Å². The van der Waals surface area contributed by atoms with Gasteiger partial charge >= 0.3 is 0 Å². The minimum atomic E-state index is -3.70. The van der Waals surface area contributed by atoms with Crippen molar-refractivity contribution in [1.82, 2.24) is 14.1 Å². The molecule has 2 heterocycles. The van der Waals surface area contributed by atoms with Crippen LogP contribution in [0.25, 0.3) is 0 Å². The van der Waals surface area contributed by atoms with Crippen LogP contribution >= 0.6 is 0 Å². The van der Waals surface area contributed by atoms with Gasteiger partial charge in [-0.2, -0.15) is 4.31 Å². The summed E-state index contributed by atoms with van der Waals surface area (Å²) in [5.74, 6) is 0.248. The molecular formula is C22H31N3O4S. The second kappa shape index (κ2) is 8.67. The van der Waals surface area contributed by atoms with Gasteiger partial charge in [0, 0.05) is 38.6 Å². The van der Waals surface area contributed by atoms with Crippen LogP contribution < -0.4 is 0 Å². The van der Waals surface area contributed by atoms with E-state index < -0.39 is 16.1 Å². The van der Waals surface area contributed by atoms with Crippen LogP contribution in [0.2, 0.25) is 0 Å². The summed E-state index contributed by atoms with van der Waals surface area (Å²) in [6.45, 7) is 4.32. The number of rotatable bonds is 4. The molecule has 1 aromatic carbocycles. The first-order valence-electron chi connectivity index (χ1n) is 11.0. The van der Waals surface area contributed by atoms with E-state index >= 15 is 0 Å². The summed E-state index contributed by atoms with van der Waals surface area (Å²) in [6.07, 6.45) is 5.44. The molecule has 7 nitrogen and oxygen atoms in total. The molecule has 3 fully saturated rings. The van der Waals surface area contributed by atoms with E-state index in [-0.39, 0.29) is 22.6 Å². The van der Waals surface area contributed by atoms with Gasteiger partial charge in [0.2, 0.25) is 21.8 Å². The van der Waals surface area contributed by atoms with Crippen LogP contribution in [-0.4, -0.2) is 73.1 Å². The van der Waals surface area contributed by atoms with E-state index in [0.29, 0.717) is 45.6 Å². The van der Waals surface area contributed by atoms with Crippen LogP contribution in [-0.2, 0) is 19.6 Å². The van der Waals surface area contributed by atoms with Crippen molar-refractivity contribution in [3.63, 3.8) is 0 Å². The van der Waals surface area contributed by atoms with Crippen LogP contribution in [0.3, 0.4) is 0 Å². The number of hydrogen-bond acceptors (Lipinski definition) is 4. The van der Waals surface area contributed by atoms with E-state index in [1.165, 1.54) is 4.31 Å². The first-order valence-corrected chi connectivity index (χ1v) is 12.5. The maximum Gasteiger partial charge on any atom is 0.243 e. The van der Waals surface area contributed by atoms with E-state index in [9.17, 15) is 18.0 Å². The zero-order valence-electron chi connectivity index (χ0n) is 17.6. The molecule has 2 amide bonds. The summed E-state index contributed by atoms with van der Waals surface area (Å²) in [5.41, 5.74) is 0.994. The highest BCUT2D eigenvalue weighted by Crippen LogP contribution is 2.29. The Morgan fingerprint density at radius 1 is 0.800 bits per heavy atom. The lowest BCUT2D eigenvalue weighted by Crippen LogP contribution is -2.55. The van der Waals surface area contributed by atoms with Gasteiger partial charge in [0.15, 0.2) is 0 Å². The molecule has 1 aliphatic carbocycles. The minimum Gasteiger partial charge on any atom is -0.339 e. The zero-order chi connectivity index (χ0) is 21.3. The number of sulfonamides is 1. The molecule has 0 bridgehead atoms. The minimum absolute atomic E-state index is 0.129. The molecule has 1 aromatic rings. The third-order valence-corrected chi connectivity index (χ3v) is 8.65. The highest BCUT2D eigenvalue weighted by molar-refractivity contribution is 7.89. The van der Waals surface area contributed by atoms with Gasteiger partial charge in [0.1, 0.15) is 6.04 Å². The lowest BCUT2D eigenvalue weighted by Gasteiger charge is -2.38. The molecule has 0 aromatic heterocycles. The predicted molar refractivity (Wildman–Crippen MR) is 113 cm³/mol. The van der Waals surface area contributed by atoms with E-state index in [0.717, 1.165) is 31.2 Å². The molecule has 0 N–H and O–H groups in total. The summed E-state index contributed by atoms with van der Waals surface area (Å²) in [5, 5.41) is 0. The van der Waals surface area contributed by atoms with Crippen molar-refractivity contribution in [2.24, 2.45) is 5.92 Å². The lowest BCUT2D eigenvalue weighted by molar-refractivity contribution is -0.143. The Kier molecular flexibility index (Phi) is 6.16. The number of amides is 2. The van der Waals surface area contributed by atoms with Gasteiger partial charge < -0.3 is 9.80 Å². The summed E-state index contributed by atoms with van der Waals surface area (Å²) >= 11 is 0. The van der Waals surface area contributed by atoms with Gasteiger partial charge in [-0.25, -0.2) is 8.42 Å². The predicted octanol–water partition coefficient (Wildman–Crippen LogP) is 2.01. The second-order valence-corrected chi connectivity index (χ2v) is 10.6. The van der Waals surface area contributed by atoms with Crippen molar-refractivity contribution in [3.8, 4) is 0 Å². The number of benzene rings is 1. The van der Waals surface area contributed by atoms with E-state index in [2.05, 4.69) is 0 Å². The molecule has 1 atom stereocenters. The average Bonchev–Trinajstić information content (AvgIpc) is 3.45. The Bertz CT molecular complexity index is 885. The maximum atomic E-state index is 13.2. The van der Waals surface area contributed by atoms with Crippen LogP contribution in [0.1, 0.15) is 44.1 Å². The normalized spacial score (nSPS) is 23.8. The van der Waals surface area contributed by atoms with Crippen LogP contribution in [0.5, 0.6) is 0 Å². The largest absolute Gasteiger partial charge is 0.339 e. The quantitative estimate of drug-likeness (QED) is 0.728. The van der Waals surface area contributed by atoms with Crippen LogP contribution in [0, 0.1) is 12.8 Å². The molecule has 0 radical (unpaired) electrons. The average molecular weight is 434 g/mol. The Morgan fingerprint density at radius 3 is 1.97 bits per heavy atom. The van der Waals surface area contributed by atoms with E-state index in [4.69, 9.17) is 0 Å². The van der Waals surface area contributed by atoms with Crippen LogP contribution in [0.4, 0.5) is 0 Å². The Labute approximate surface area is 179 Å². The first-order chi connectivity index (χ1) is 14.4. The smallest absolute Gasteiger partial charge is 0.243 e. The van der Waals surface area contributed by atoms with Crippen molar-refractivity contribution >= 4 is 21.8 Å². The molecule has 2 aliphatic heterocycles. The topological polar surface area (TPSA) is 78.0 Å². The first kappa shape index (κ1) is 21.3. The molecule has 0 spiro atoms. The van der Waals surface area contributed by atoms with Gasteiger partial charge in [-0.1, -0.05) is 30.5 Å². The summed E-state index contributed by atoms with van der Waals surface area (Å²) in [6, 6.07) is 6.13. The second-order valence-electron chi connectivity index (χ2n) is 8.72. The van der Waals surface area contributed by atoms with Crippen molar-refractivity contribution < 1.29 is 18.0 Å². The summed E-state index contributed by atoms with van der Waals surface area (Å²) in [4.78, 5) is 29.7. The molecule has 30 heavy (non-hydrogen) atoms. The van der Waals surface area contributed by atoms with Gasteiger partial charge in [-0.05, 0) is 44.7 Å². The van der Waals surface area contributed by atoms with E-state index in [1.807, 2.05) is 11.8 Å². The Balaban J connectivity index is 1.40. The van der Waals surface area contributed by atoms with Gasteiger partial charge in [-0.3, -0.25) is 9.59 Å². The van der Waals surface area contributed by atoms with Crippen LogP contribution in [0.15, 0.2) is 29.2 Å². The number of hydrogen-bond donors (Lipinski definition) is 0. The Hall–Kier alpha value is -1.93.